The van der Waals surface area contributed by atoms with Crippen molar-refractivity contribution in [3.8, 4) is 5.69 Å². The first-order valence-electron chi connectivity index (χ1n) is 12.1. The Morgan fingerprint density at radius 2 is 1.97 bits per heavy atom. The van der Waals surface area contributed by atoms with E-state index in [2.05, 4.69) is 39.3 Å². The van der Waals surface area contributed by atoms with Crippen LogP contribution in [0.2, 0.25) is 5.02 Å². The molecule has 3 heterocycles. The van der Waals surface area contributed by atoms with Crippen LogP contribution in [0.3, 0.4) is 0 Å². The van der Waals surface area contributed by atoms with Gasteiger partial charge in [0.2, 0.25) is 5.91 Å². The molecule has 0 atom stereocenters. The highest BCUT2D eigenvalue weighted by atomic mass is 35.5. The number of benzene rings is 2. The van der Waals surface area contributed by atoms with Gasteiger partial charge < -0.3 is 10.2 Å². The first kappa shape index (κ1) is 23.5. The van der Waals surface area contributed by atoms with Gasteiger partial charge in [0.25, 0.3) is 0 Å². The number of nitrogens with zero attached hydrogens (tertiary/aromatic N) is 6. The van der Waals surface area contributed by atoms with Crippen LogP contribution >= 0.6 is 11.6 Å². The molecule has 0 aliphatic carbocycles. The zero-order valence-electron chi connectivity index (χ0n) is 20.3. The maximum Gasteiger partial charge on any atom is 0.230 e. The lowest BCUT2D eigenvalue weighted by Crippen LogP contribution is -2.25. The lowest BCUT2D eigenvalue weighted by atomic mass is 10.1. The van der Waals surface area contributed by atoms with Gasteiger partial charge in [-0.25, -0.2) is 4.68 Å². The fourth-order valence-corrected chi connectivity index (χ4v) is 4.86. The summed E-state index contributed by atoms with van der Waals surface area (Å²) in [4.78, 5) is 22.2. The third kappa shape index (κ3) is 4.94. The molecule has 0 radical (unpaired) electrons. The summed E-state index contributed by atoms with van der Waals surface area (Å²) in [5.74, 6) is -0.121. The lowest BCUT2D eigenvalue weighted by molar-refractivity contribution is -0.115. The Morgan fingerprint density at radius 3 is 2.74 bits per heavy atom. The van der Waals surface area contributed by atoms with Gasteiger partial charge in [0.15, 0.2) is 0 Å². The molecular formula is C26H30ClN7O. The van der Waals surface area contributed by atoms with Gasteiger partial charge in [-0.05, 0) is 69.6 Å². The number of fused-ring (bicyclic) bond motifs is 1. The van der Waals surface area contributed by atoms with E-state index in [0.29, 0.717) is 22.1 Å². The van der Waals surface area contributed by atoms with E-state index in [1.54, 1.807) is 6.07 Å². The summed E-state index contributed by atoms with van der Waals surface area (Å²) in [6.45, 7) is 7.24. The van der Waals surface area contributed by atoms with Gasteiger partial charge in [0, 0.05) is 19.6 Å². The van der Waals surface area contributed by atoms with Crippen LogP contribution in [0.25, 0.3) is 5.69 Å². The highest BCUT2D eigenvalue weighted by molar-refractivity contribution is 6.34. The fourth-order valence-electron chi connectivity index (χ4n) is 4.56. The van der Waals surface area contributed by atoms with Crippen LogP contribution in [-0.2, 0) is 11.3 Å². The zero-order valence-corrected chi connectivity index (χ0v) is 21.1. The molecule has 1 N–H and O–H groups in total. The van der Waals surface area contributed by atoms with Crippen molar-refractivity contribution in [1.29, 1.82) is 0 Å². The predicted molar refractivity (Wildman–Crippen MR) is 140 cm³/mol. The summed E-state index contributed by atoms with van der Waals surface area (Å²) in [5, 5.41) is 12.0. The van der Waals surface area contributed by atoms with Crippen molar-refractivity contribution < 1.29 is 4.79 Å². The van der Waals surface area contributed by atoms with E-state index in [4.69, 9.17) is 16.6 Å². The van der Waals surface area contributed by atoms with Gasteiger partial charge in [0.05, 0.1) is 51.8 Å². The summed E-state index contributed by atoms with van der Waals surface area (Å²) in [6.07, 6.45) is 4.47. The van der Waals surface area contributed by atoms with Gasteiger partial charge in [-0.3, -0.25) is 14.7 Å². The van der Waals surface area contributed by atoms with Crippen LogP contribution in [0.1, 0.15) is 44.4 Å². The molecule has 9 heteroatoms. The Bertz CT molecular complexity index is 1280. The van der Waals surface area contributed by atoms with Crippen molar-refractivity contribution in [3.05, 3.63) is 58.9 Å². The molecule has 1 amide bonds. The van der Waals surface area contributed by atoms with Crippen LogP contribution in [0.5, 0.6) is 0 Å². The molecule has 0 unspecified atom stereocenters. The number of aliphatic imine (C=N–C) groups is 1. The molecule has 0 bridgehead atoms. The Hall–Kier alpha value is -3.23. The topological polar surface area (TPSA) is 78.7 Å². The van der Waals surface area contributed by atoms with Gasteiger partial charge in [0.1, 0.15) is 0 Å². The minimum absolute atomic E-state index is 0.121. The number of carbonyl (C=O) groups excluding carboxylic acids is 1. The van der Waals surface area contributed by atoms with Gasteiger partial charge in [-0.1, -0.05) is 28.9 Å². The number of likely N-dealkylation sites (tertiary alicyclic amines) is 1. The molecule has 182 valence electrons. The number of amides is 1. The Morgan fingerprint density at radius 1 is 1.17 bits per heavy atom. The van der Waals surface area contributed by atoms with Crippen molar-refractivity contribution in [2.75, 3.05) is 30.4 Å². The van der Waals surface area contributed by atoms with E-state index >= 15 is 0 Å². The Balaban J connectivity index is 1.51. The molecular weight excluding hydrogens is 462 g/mol. The summed E-state index contributed by atoms with van der Waals surface area (Å²) in [5.41, 5.74) is 5.72. The normalized spacial score (nSPS) is 16.1. The molecule has 1 saturated heterocycles. The third-order valence-corrected chi connectivity index (χ3v) is 7.01. The van der Waals surface area contributed by atoms with Crippen molar-refractivity contribution in [2.45, 2.75) is 45.7 Å². The molecule has 0 saturated carbocycles. The molecule has 0 spiro atoms. The second-order valence-corrected chi connectivity index (χ2v) is 9.89. The first-order chi connectivity index (χ1) is 16.9. The molecule has 2 aromatic carbocycles. The molecule has 8 nitrogen and oxygen atoms in total. The summed E-state index contributed by atoms with van der Waals surface area (Å²) in [7, 11) is 2.00. The predicted octanol–water partition coefficient (Wildman–Crippen LogP) is 4.82. The van der Waals surface area contributed by atoms with Crippen LogP contribution in [-0.4, -0.2) is 57.7 Å². The number of hydrogen-bond acceptors (Lipinski definition) is 6. The average Bonchev–Trinajstić information content (AvgIpc) is 3.49. The largest absolute Gasteiger partial charge is 0.371 e. The average molecular weight is 492 g/mol. The molecule has 2 aliphatic heterocycles. The quantitative estimate of drug-likeness (QED) is 0.534. The fraction of sp³-hybridized carbons (Fsp3) is 0.385. The van der Waals surface area contributed by atoms with Crippen LogP contribution in [0, 0.1) is 0 Å². The van der Waals surface area contributed by atoms with E-state index in [1.165, 1.54) is 12.8 Å². The molecule has 2 aliphatic rings. The van der Waals surface area contributed by atoms with Gasteiger partial charge in [-0.2, -0.15) is 0 Å². The summed E-state index contributed by atoms with van der Waals surface area (Å²) < 4.78 is 1.88. The Kier molecular flexibility index (Phi) is 6.58. The van der Waals surface area contributed by atoms with Crippen LogP contribution in [0.15, 0.2) is 47.6 Å². The molecule has 5 rings (SSSR count). The highest BCUT2D eigenvalue weighted by Crippen LogP contribution is 2.39. The van der Waals surface area contributed by atoms with E-state index in [1.807, 2.05) is 48.3 Å². The van der Waals surface area contributed by atoms with Crippen molar-refractivity contribution >= 4 is 40.3 Å². The number of anilines is 2. The van der Waals surface area contributed by atoms with Crippen molar-refractivity contribution in [1.82, 2.24) is 19.9 Å². The van der Waals surface area contributed by atoms with E-state index in [-0.39, 0.29) is 18.4 Å². The van der Waals surface area contributed by atoms with E-state index in [9.17, 15) is 4.79 Å². The number of halogens is 1. The molecule has 1 fully saturated rings. The minimum Gasteiger partial charge on any atom is -0.371 e. The third-order valence-electron chi connectivity index (χ3n) is 6.71. The molecule has 35 heavy (non-hydrogen) atoms. The molecule has 1 aromatic heterocycles. The summed E-state index contributed by atoms with van der Waals surface area (Å²) in [6, 6.07) is 12.0. The highest BCUT2D eigenvalue weighted by Gasteiger charge is 2.21. The zero-order chi connectivity index (χ0) is 24.5. The van der Waals surface area contributed by atoms with Crippen molar-refractivity contribution in [2.24, 2.45) is 4.99 Å². The maximum atomic E-state index is 12.8. The maximum absolute atomic E-state index is 12.8. The van der Waals surface area contributed by atoms with Gasteiger partial charge >= 0.3 is 0 Å². The number of carbonyl (C=O) groups is 1. The smallest absolute Gasteiger partial charge is 0.230 e. The lowest BCUT2D eigenvalue weighted by Gasteiger charge is -2.25. The van der Waals surface area contributed by atoms with Gasteiger partial charge in [-0.15, -0.1) is 5.10 Å². The number of aromatic nitrogens is 3. The monoisotopic (exact) mass is 491 g/mol. The standard InChI is InChI=1S/C26H30ClN7O/c1-17(2)32(3)25-13-24-23(12-21(25)27)30-26(35)14-22(29-24)18-7-6-8-19(11-18)34-20(15-28-31-34)16-33-9-4-5-10-33/h6-8,11-13,15,17H,4-5,9-10,14,16H2,1-3H3,(H,30,35). The second-order valence-electron chi connectivity index (χ2n) is 9.48. The number of rotatable bonds is 6. The first-order valence-corrected chi connectivity index (χ1v) is 12.4. The second kappa shape index (κ2) is 9.79. The minimum atomic E-state index is -0.121. The number of hydrogen-bond donors (Lipinski definition) is 1. The SMILES string of the molecule is CC(C)N(C)c1cc2c(cc1Cl)NC(=O)CC(c1cccc(-n3nncc3CN3CCCC3)c1)=N2. The number of nitrogens with one attached hydrogen (secondary N) is 1. The molecule has 3 aromatic rings. The van der Waals surface area contributed by atoms with Crippen molar-refractivity contribution in [3.63, 3.8) is 0 Å². The van der Waals surface area contributed by atoms with Crippen LogP contribution < -0.4 is 10.2 Å². The Labute approximate surface area is 210 Å². The van der Waals surface area contributed by atoms with E-state index in [0.717, 1.165) is 42.3 Å². The summed E-state index contributed by atoms with van der Waals surface area (Å²) >= 11 is 6.55. The van der Waals surface area contributed by atoms with E-state index < -0.39 is 0 Å². The van der Waals surface area contributed by atoms with Crippen LogP contribution in [0.4, 0.5) is 17.1 Å².